The van der Waals surface area contributed by atoms with Crippen LogP contribution in [0.1, 0.15) is 45.4 Å². The number of fused-ring (bicyclic) bond motifs is 1. The van der Waals surface area contributed by atoms with Gasteiger partial charge in [0.05, 0.1) is 12.2 Å². The molecule has 1 atom stereocenters. The molecule has 0 aliphatic carbocycles. The fraction of sp³-hybridized carbons (Fsp3) is 0.474. The number of para-hydroxylation sites is 1. The van der Waals surface area contributed by atoms with E-state index in [4.69, 9.17) is 4.52 Å². The summed E-state index contributed by atoms with van der Waals surface area (Å²) in [7, 11) is 0. The molecule has 1 aromatic carbocycles. The molecule has 3 rings (SSSR count). The van der Waals surface area contributed by atoms with E-state index < -0.39 is 0 Å². The number of hydrogen-bond acceptors (Lipinski definition) is 4. The number of amides is 1. The number of nitrogens with zero attached hydrogens (tertiary/aromatic N) is 2. The minimum Gasteiger partial charge on any atom is -0.359 e. The maximum atomic E-state index is 12.5. The monoisotopic (exact) mass is 327 g/mol. The zero-order chi connectivity index (χ0) is 17.3. The van der Waals surface area contributed by atoms with Gasteiger partial charge in [-0.2, -0.15) is 0 Å². The molecule has 0 bridgehead atoms. The number of carbonyl (C=O) groups is 1. The van der Waals surface area contributed by atoms with E-state index in [-0.39, 0.29) is 11.3 Å². The number of benzene rings is 1. The average Bonchev–Trinajstić information content (AvgIpc) is 2.99. The standard InChI is InChI=1S/C19H25N3O2/c1-13-9-10-14-7-5-6-8-15(14)22(13)12-17(23)20-18-11-16(21-24-18)19(2,3)4/h5-8,11,13H,9-10,12H2,1-4H3,(H,20,23)/t13-/m0/s1. The summed E-state index contributed by atoms with van der Waals surface area (Å²) in [5.41, 5.74) is 3.18. The van der Waals surface area contributed by atoms with Gasteiger partial charge in [-0.25, -0.2) is 0 Å². The van der Waals surface area contributed by atoms with Crippen LogP contribution in [-0.4, -0.2) is 23.7 Å². The molecule has 0 spiro atoms. The topological polar surface area (TPSA) is 58.4 Å². The van der Waals surface area contributed by atoms with Gasteiger partial charge < -0.3 is 9.42 Å². The minimum absolute atomic E-state index is 0.0878. The van der Waals surface area contributed by atoms with Crippen LogP contribution in [0.15, 0.2) is 34.9 Å². The number of hydrogen-bond donors (Lipinski definition) is 1. The molecule has 1 aromatic heterocycles. The highest BCUT2D eigenvalue weighted by Crippen LogP contribution is 2.30. The van der Waals surface area contributed by atoms with Crippen molar-refractivity contribution in [3.63, 3.8) is 0 Å². The molecule has 0 saturated heterocycles. The highest BCUT2D eigenvalue weighted by atomic mass is 16.5. The SMILES string of the molecule is C[C@H]1CCc2ccccc2N1CC(=O)Nc1cc(C(C)(C)C)no1. The maximum Gasteiger partial charge on any atom is 0.246 e. The lowest BCUT2D eigenvalue weighted by Crippen LogP contribution is -2.42. The van der Waals surface area contributed by atoms with Gasteiger partial charge in [0.15, 0.2) is 0 Å². The summed E-state index contributed by atoms with van der Waals surface area (Å²) < 4.78 is 5.25. The van der Waals surface area contributed by atoms with E-state index in [1.165, 1.54) is 5.56 Å². The van der Waals surface area contributed by atoms with Crippen LogP contribution < -0.4 is 10.2 Å². The summed E-state index contributed by atoms with van der Waals surface area (Å²) in [5, 5.41) is 6.86. The third kappa shape index (κ3) is 3.45. The normalized spacial score (nSPS) is 17.5. The molecule has 0 saturated carbocycles. The van der Waals surface area contributed by atoms with Gasteiger partial charge in [0.2, 0.25) is 11.8 Å². The van der Waals surface area contributed by atoms with E-state index in [1.54, 1.807) is 6.07 Å². The second kappa shape index (κ2) is 6.30. The Balaban J connectivity index is 1.70. The molecule has 0 unspecified atom stereocenters. The highest BCUT2D eigenvalue weighted by molar-refractivity contribution is 5.93. The molecule has 128 valence electrons. The van der Waals surface area contributed by atoms with Crippen molar-refractivity contribution in [2.45, 2.75) is 52.0 Å². The van der Waals surface area contributed by atoms with Crippen molar-refractivity contribution >= 4 is 17.5 Å². The van der Waals surface area contributed by atoms with Gasteiger partial charge in [0.1, 0.15) is 0 Å². The van der Waals surface area contributed by atoms with Crippen molar-refractivity contribution in [3.8, 4) is 0 Å². The lowest BCUT2D eigenvalue weighted by molar-refractivity contribution is -0.115. The Labute approximate surface area is 143 Å². The van der Waals surface area contributed by atoms with Crippen LogP contribution in [0.25, 0.3) is 0 Å². The van der Waals surface area contributed by atoms with Crippen molar-refractivity contribution in [1.29, 1.82) is 0 Å². The van der Waals surface area contributed by atoms with Crippen molar-refractivity contribution in [3.05, 3.63) is 41.6 Å². The predicted molar refractivity (Wildman–Crippen MR) is 95.4 cm³/mol. The largest absolute Gasteiger partial charge is 0.359 e. The Morgan fingerprint density at radius 2 is 2.12 bits per heavy atom. The fourth-order valence-corrected chi connectivity index (χ4v) is 3.02. The first-order valence-electron chi connectivity index (χ1n) is 8.46. The van der Waals surface area contributed by atoms with E-state index in [2.05, 4.69) is 61.3 Å². The summed E-state index contributed by atoms with van der Waals surface area (Å²) in [5.74, 6) is 0.318. The average molecular weight is 327 g/mol. The van der Waals surface area contributed by atoms with Crippen molar-refractivity contribution in [2.75, 3.05) is 16.8 Å². The zero-order valence-corrected chi connectivity index (χ0v) is 14.8. The maximum absolute atomic E-state index is 12.5. The van der Waals surface area contributed by atoms with Crippen LogP contribution in [0.2, 0.25) is 0 Å². The number of aryl methyl sites for hydroxylation is 1. The van der Waals surface area contributed by atoms with Gasteiger partial charge in [-0.1, -0.05) is 44.1 Å². The molecule has 0 fully saturated rings. The molecule has 1 aliphatic heterocycles. The molecule has 5 heteroatoms. The summed E-state index contributed by atoms with van der Waals surface area (Å²) >= 11 is 0. The van der Waals surface area contributed by atoms with Crippen LogP contribution >= 0.6 is 0 Å². The third-order valence-electron chi connectivity index (χ3n) is 4.52. The first-order valence-corrected chi connectivity index (χ1v) is 8.46. The highest BCUT2D eigenvalue weighted by Gasteiger charge is 2.25. The van der Waals surface area contributed by atoms with Crippen LogP contribution in [0.3, 0.4) is 0 Å². The van der Waals surface area contributed by atoms with Crippen LogP contribution in [-0.2, 0) is 16.6 Å². The Bertz CT molecular complexity index is 730. The first-order chi connectivity index (χ1) is 11.3. The molecule has 1 aliphatic rings. The molecule has 1 amide bonds. The Hall–Kier alpha value is -2.30. The quantitative estimate of drug-likeness (QED) is 0.933. The summed E-state index contributed by atoms with van der Waals surface area (Å²) in [6.07, 6.45) is 2.12. The second-order valence-corrected chi connectivity index (χ2v) is 7.52. The van der Waals surface area contributed by atoms with Crippen LogP contribution in [0.5, 0.6) is 0 Å². The Morgan fingerprint density at radius 1 is 1.38 bits per heavy atom. The summed E-state index contributed by atoms with van der Waals surface area (Å²) in [6.45, 7) is 8.65. The van der Waals surface area contributed by atoms with Gasteiger partial charge in [0, 0.05) is 23.2 Å². The number of carbonyl (C=O) groups excluding carboxylic acids is 1. The van der Waals surface area contributed by atoms with E-state index >= 15 is 0 Å². The summed E-state index contributed by atoms with van der Waals surface area (Å²) in [4.78, 5) is 14.6. The molecule has 2 heterocycles. The number of aromatic nitrogens is 1. The van der Waals surface area contributed by atoms with Gasteiger partial charge in [0.25, 0.3) is 0 Å². The van der Waals surface area contributed by atoms with Gasteiger partial charge in [-0.3, -0.25) is 10.1 Å². The van der Waals surface area contributed by atoms with E-state index in [0.29, 0.717) is 18.5 Å². The zero-order valence-electron chi connectivity index (χ0n) is 14.8. The van der Waals surface area contributed by atoms with E-state index in [0.717, 1.165) is 24.2 Å². The van der Waals surface area contributed by atoms with Crippen LogP contribution in [0, 0.1) is 0 Å². The van der Waals surface area contributed by atoms with E-state index in [9.17, 15) is 4.79 Å². The number of rotatable bonds is 3. The molecule has 2 aromatic rings. The molecular formula is C19H25N3O2. The van der Waals surface area contributed by atoms with Gasteiger partial charge in [-0.05, 0) is 31.4 Å². The number of anilines is 2. The lowest BCUT2D eigenvalue weighted by atomic mass is 9.92. The first kappa shape index (κ1) is 16.6. The van der Waals surface area contributed by atoms with Crippen LogP contribution in [0.4, 0.5) is 11.6 Å². The van der Waals surface area contributed by atoms with Crippen molar-refractivity contribution < 1.29 is 9.32 Å². The summed E-state index contributed by atoms with van der Waals surface area (Å²) in [6, 6.07) is 10.4. The van der Waals surface area contributed by atoms with Gasteiger partial charge >= 0.3 is 0 Å². The smallest absolute Gasteiger partial charge is 0.246 e. The number of nitrogens with one attached hydrogen (secondary N) is 1. The van der Waals surface area contributed by atoms with Gasteiger partial charge in [-0.15, -0.1) is 0 Å². The van der Waals surface area contributed by atoms with E-state index in [1.807, 2.05) is 6.07 Å². The molecule has 24 heavy (non-hydrogen) atoms. The minimum atomic E-state index is -0.104. The molecule has 5 nitrogen and oxygen atoms in total. The fourth-order valence-electron chi connectivity index (χ4n) is 3.02. The van der Waals surface area contributed by atoms with Crippen molar-refractivity contribution in [1.82, 2.24) is 5.16 Å². The Kier molecular flexibility index (Phi) is 4.35. The molecule has 0 radical (unpaired) electrons. The predicted octanol–water partition coefficient (Wildman–Crippen LogP) is 3.75. The second-order valence-electron chi connectivity index (χ2n) is 7.52. The third-order valence-corrected chi connectivity index (χ3v) is 4.52. The lowest BCUT2D eigenvalue weighted by Gasteiger charge is -2.36. The molecular weight excluding hydrogens is 302 g/mol. The molecule has 1 N–H and O–H groups in total. The van der Waals surface area contributed by atoms with Crippen molar-refractivity contribution in [2.24, 2.45) is 0 Å². The Morgan fingerprint density at radius 3 is 2.83 bits per heavy atom.